The average Bonchev–Trinajstić information content (AvgIpc) is 3.48. The summed E-state index contributed by atoms with van der Waals surface area (Å²) in [6.07, 6.45) is 4.62. The summed E-state index contributed by atoms with van der Waals surface area (Å²) in [5.74, 6) is -0.371. The van der Waals surface area contributed by atoms with Gasteiger partial charge in [-0.25, -0.2) is 4.79 Å². The molecular weight excluding hydrogens is 414 g/mol. The largest absolute Gasteiger partial charge is 0.494 e. The number of aliphatic hydroxyl groups excluding tert-OH is 1. The van der Waals surface area contributed by atoms with E-state index in [1.807, 2.05) is 6.07 Å². The van der Waals surface area contributed by atoms with Crippen LogP contribution >= 0.6 is 11.3 Å². The highest BCUT2D eigenvalue weighted by Gasteiger charge is 2.37. The first kappa shape index (κ1) is 20.3. The van der Waals surface area contributed by atoms with Crippen LogP contribution in [0.4, 0.5) is 0 Å². The Bertz CT molecular complexity index is 1280. The zero-order valence-electron chi connectivity index (χ0n) is 17.7. The number of aromatic carboxylic acids is 1. The number of methoxy groups -OCH3 is 1. The average molecular weight is 440 g/mol. The molecule has 2 heterocycles. The Balaban J connectivity index is 1.78. The van der Waals surface area contributed by atoms with Gasteiger partial charge in [-0.15, -0.1) is 11.3 Å². The standard InChI is InChI=1S/C24H25NO5S/c1-24(2)7-6-12-8-16(31-21(12)22(24)27)17-13(11-4-5-11)9-14-18(20(17)30-3)25-10-15(19(14)26)23(28)29/h8-11,22,27H,4-7H2,1-3H3,(H,25,26)(H,28,29). The molecule has 6 nitrogen and oxygen atoms in total. The van der Waals surface area contributed by atoms with E-state index in [0.29, 0.717) is 22.6 Å². The number of aromatic amines is 1. The topological polar surface area (TPSA) is 99.6 Å². The van der Waals surface area contributed by atoms with Crippen molar-refractivity contribution >= 4 is 28.2 Å². The molecule has 2 aromatic heterocycles. The quantitative estimate of drug-likeness (QED) is 0.540. The number of benzene rings is 1. The molecular formula is C24H25NO5S. The number of H-pyrrole nitrogens is 1. The summed E-state index contributed by atoms with van der Waals surface area (Å²) in [5, 5.41) is 20.6. The number of thiophene rings is 1. The maximum atomic E-state index is 12.9. The molecule has 0 saturated heterocycles. The van der Waals surface area contributed by atoms with Crippen LogP contribution in [0.5, 0.6) is 5.75 Å². The number of carboxylic acid groups (broad SMARTS) is 1. The number of hydrogen-bond donors (Lipinski definition) is 3. The molecule has 0 spiro atoms. The molecule has 0 radical (unpaired) electrons. The zero-order valence-corrected chi connectivity index (χ0v) is 18.6. The maximum absolute atomic E-state index is 12.9. The molecule has 1 unspecified atom stereocenters. The lowest BCUT2D eigenvalue weighted by atomic mass is 9.75. The van der Waals surface area contributed by atoms with Crippen LogP contribution in [0.25, 0.3) is 21.3 Å². The second-order valence-corrected chi connectivity index (χ2v) is 10.4. The van der Waals surface area contributed by atoms with Crippen molar-refractivity contribution in [2.24, 2.45) is 5.41 Å². The van der Waals surface area contributed by atoms with Crippen LogP contribution in [-0.2, 0) is 6.42 Å². The van der Waals surface area contributed by atoms with E-state index in [4.69, 9.17) is 4.74 Å². The minimum atomic E-state index is -1.25. The Morgan fingerprint density at radius 2 is 2.03 bits per heavy atom. The molecule has 3 aromatic rings. The highest BCUT2D eigenvalue weighted by atomic mass is 32.1. The van der Waals surface area contributed by atoms with Gasteiger partial charge >= 0.3 is 5.97 Å². The summed E-state index contributed by atoms with van der Waals surface area (Å²) in [4.78, 5) is 29.3. The third kappa shape index (κ3) is 3.10. The van der Waals surface area contributed by atoms with E-state index in [1.54, 1.807) is 18.4 Å². The van der Waals surface area contributed by atoms with E-state index < -0.39 is 17.5 Å². The van der Waals surface area contributed by atoms with Crippen LogP contribution in [0.1, 0.15) is 71.5 Å². The number of fused-ring (bicyclic) bond motifs is 2. The van der Waals surface area contributed by atoms with Crippen molar-refractivity contribution in [2.75, 3.05) is 7.11 Å². The van der Waals surface area contributed by atoms with Crippen molar-refractivity contribution in [1.29, 1.82) is 0 Å². The van der Waals surface area contributed by atoms with E-state index in [1.165, 1.54) is 11.8 Å². The fourth-order valence-electron chi connectivity index (χ4n) is 4.63. The van der Waals surface area contributed by atoms with Gasteiger partial charge in [0.25, 0.3) is 0 Å². The fraction of sp³-hybridized carbons (Fsp3) is 0.417. The van der Waals surface area contributed by atoms with Crippen LogP contribution in [0, 0.1) is 5.41 Å². The molecule has 3 N–H and O–H groups in total. The molecule has 2 aliphatic carbocycles. The van der Waals surface area contributed by atoms with Gasteiger partial charge in [-0.05, 0) is 60.3 Å². The van der Waals surface area contributed by atoms with E-state index in [9.17, 15) is 19.8 Å². The summed E-state index contributed by atoms with van der Waals surface area (Å²) in [5.41, 5.74) is 2.69. The van der Waals surface area contributed by atoms with Crippen molar-refractivity contribution in [2.45, 2.75) is 51.6 Å². The van der Waals surface area contributed by atoms with Crippen LogP contribution in [0.3, 0.4) is 0 Å². The van der Waals surface area contributed by atoms with Crippen LogP contribution in [-0.4, -0.2) is 28.3 Å². The predicted octanol–water partition coefficient (Wildman–Crippen LogP) is 4.85. The molecule has 31 heavy (non-hydrogen) atoms. The molecule has 1 aromatic carbocycles. The zero-order chi connectivity index (χ0) is 22.1. The van der Waals surface area contributed by atoms with E-state index in [-0.39, 0.29) is 11.0 Å². The van der Waals surface area contributed by atoms with Gasteiger partial charge in [0.2, 0.25) is 5.43 Å². The predicted molar refractivity (Wildman–Crippen MR) is 120 cm³/mol. The van der Waals surface area contributed by atoms with Crippen LogP contribution < -0.4 is 10.2 Å². The lowest BCUT2D eigenvalue weighted by Gasteiger charge is -2.34. The second kappa shape index (κ2) is 6.93. The maximum Gasteiger partial charge on any atom is 0.341 e. The molecule has 0 bridgehead atoms. The van der Waals surface area contributed by atoms with Gasteiger partial charge in [0, 0.05) is 21.5 Å². The minimum absolute atomic E-state index is 0.166. The molecule has 1 fully saturated rings. The normalized spacial score (nSPS) is 19.9. The lowest BCUT2D eigenvalue weighted by molar-refractivity contribution is 0.0373. The first-order valence-electron chi connectivity index (χ1n) is 10.5. The number of aryl methyl sites for hydroxylation is 1. The summed E-state index contributed by atoms with van der Waals surface area (Å²) >= 11 is 1.59. The fourth-order valence-corrected chi connectivity index (χ4v) is 6.10. The van der Waals surface area contributed by atoms with Gasteiger partial charge < -0.3 is 19.9 Å². The Labute approximate surface area is 183 Å². The molecule has 1 atom stereocenters. The van der Waals surface area contributed by atoms with Crippen molar-refractivity contribution in [1.82, 2.24) is 4.98 Å². The number of aliphatic hydroxyl groups is 1. The highest BCUT2D eigenvalue weighted by molar-refractivity contribution is 7.15. The number of carboxylic acids is 1. The van der Waals surface area contributed by atoms with Crippen molar-refractivity contribution in [3.05, 3.63) is 50.1 Å². The summed E-state index contributed by atoms with van der Waals surface area (Å²) in [6.45, 7) is 4.19. The first-order chi connectivity index (χ1) is 14.7. The number of hydrogen-bond acceptors (Lipinski definition) is 5. The van der Waals surface area contributed by atoms with Gasteiger partial charge in [0.15, 0.2) is 5.75 Å². The molecule has 1 saturated carbocycles. The number of ether oxygens (including phenoxy) is 1. The van der Waals surface area contributed by atoms with E-state index >= 15 is 0 Å². The molecule has 0 aliphatic heterocycles. The number of nitrogens with one attached hydrogen (secondary N) is 1. The first-order valence-corrected chi connectivity index (χ1v) is 11.3. The van der Waals surface area contributed by atoms with Gasteiger partial charge in [-0.3, -0.25) is 4.79 Å². The molecule has 5 rings (SSSR count). The molecule has 162 valence electrons. The van der Waals surface area contributed by atoms with Crippen LogP contribution in [0.15, 0.2) is 23.1 Å². The molecule has 7 heteroatoms. The van der Waals surface area contributed by atoms with Crippen molar-refractivity contribution in [3.63, 3.8) is 0 Å². The minimum Gasteiger partial charge on any atom is -0.494 e. The number of pyridine rings is 1. The van der Waals surface area contributed by atoms with Crippen molar-refractivity contribution < 1.29 is 19.7 Å². The summed E-state index contributed by atoms with van der Waals surface area (Å²) < 4.78 is 5.81. The highest BCUT2D eigenvalue weighted by Crippen LogP contribution is 2.54. The number of rotatable bonds is 4. The summed E-state index contributed by atoms with van der Waals surface area (Å²) in [6, 6.07) is 3.99. The van der Waals surface area contributed by atoms with Gasteiger partial charge in [0.05, 0.1) is 24.1 Å². The van der Waals surface area contributed by atoms with E-state index in [2.05, 4.69) is 24.9 Å². The SMILES string of the molecule is COc1c(-c2cc3c(s2)C(O)C(C)(C)CC3)c(C2CC2)cc2c(=O)c(C(=O)O)c[nH]c12. The number of aromatic nitrogens is 1. The van der Waals surface area contributed by atoms with Gasteiger partial charge in [-0.2, -0.15) is 0 Å². The number of carbonyl (C=O) groups is 1. The lowest BCUT2D eigenvalue weighted by Crippen LogP contribution is -2.26. The smallest absolute Gasteiger partial charge is 0.341 e. The molecule has 0 amide bonds. The monoisotopic (exact) mass is 439 g/mol. The summed E-state index contributed by atoms with van der Waals surface area (Å²) in [7, 11) is 1.57. The Kier molecular flexibility index (Phi) is 4.53. The van der Waals surface area contributed by atoms with Gasteiger partial charge in [0.1, 0.15) is 5.56 Å². The molecule has 2 aliphatic rings. The van der Waals surface area contributed by atoms with E-state index in [0.717, 1.165) is 46.6 Å². The Morgan fingerprint density at radius 3 is 2.68 bits per heavy atom. The van der Waals surface area contributed by atoms with Gasteiger partial charge in [-0.1, -0.05) is 13.8 Å². The third-order valence-corrected chi connectivity index (χ3v) is 7.98. The Hall–Kier alpha value is -2.64. The third-order valence-electron chi connectivity index (χ3n) is 6.73. The van der Waals surface area contributed by atoms with Crippen LogP contribution in [0.2, 0.25) is 0 Å². The second-order valence-electron chi connectivity index (χ2n) is 9.30. The van der Waals surface area contributed by atoms with Crippen molar-refractivity contribution in [3.8, 4) is 16.2 Å². The Morgan fingerprint density at radius 1 is 1.29 bits per heavy atom.